The summed E-state index contributed by atoms with van der Waals surface area (Å²) in [4.78, 5) is 12.9. The van der Waals surface area contributed by atoms with Crippen molar-refractivity contribution in [2.24, 2.45) is 0 Å². The van der Waals surface area contributed by atoms with Gasteiger partial charge in [-0.15, -0.1) is 0 Å². The Labute approximate surface area is 91.2 Å². The highest BCUT2D eigenvalue weighted by atomic mass is 16.5. The summed E-state index contributed by atoms with van der Waals surface area (Å²) in [6.07, 6.45) is 1.05. The minimum atomic E-state index is -0.774. The second-order valence-corrected chi connectivity index (χ2v) is 5.12. The van der Waals surface area contributed by atoms with E-state index in [1.807, 2.05) is 32.6 Å². The highest BCUT2D eigenvalue weighted by molar-refractivity contribution is 5.69. The van der Waals surface area contributed by atoms with E-state index in [1.54, 1.807) is 0 Å². The first kappa shape index (κ1) is 12.5. The van der Waals surface area contributed by atoms with Crippen LogP contribution in [0.1, 0.15) is 34.1 Å². The summed E-state index contributed by atoms with van der Waals surface area (Å²) in [5.74, 6) is -0.774. The fourth-order valence-electron chi connectivity index (χ4n) is 2.13. The van der Waals surface area contributed by atoms with E-state index in [1.165, 1.54) is 0 Å². The number of hydrogen-bond acceptors (Lipinski definition) is 3. The summed E-state index contributed by atoms with van der Waals surface area (Å²) >= 11 is 0. The molecule has 1 saturated heterocycles. The Morgan fingerprint density at radius 2 is 2.13 bits per heavy atom. The van der Waals surface area contributed by atoms with Gasteiger partial charge in [0.2, 0.25) is 0 Å². The van der Waals surface area contributed by atoms with Gasteiger partial charge in [-0.2, -0.15) is 0 Å². The Balaban J connectivity index is 2.76. The Kier molecular flexibility index (Phi) is 3.73. The number of ether oxygens (including phenoxy) is 1. The molecule has 2 unspecified atom stereocenters. The van der Waals surface area contributed by atoms with Crippen molar-refractivity contribution in [1.82, 2.24) is 4.90 Å². The molecule has 88 valence electrons. The molecule has 0 spiro atoms. The van der Waals surface area contributed by atoms with Gasteiger partial charge in [0, 0.05) is 18.2 Å². The molecule has 0 bridgehead atoms. The second kappa shape index (κ2) is 4.49. The summed E-state index contributed by atoms with van der Waals surface area (Å²) in [6.45, 7) is 8.96. The van der Waals surface area contributed by atoms with Crippen LogP contribution in [0, 0.1) is 0 Å². The van der Waals surface area contributed by atoms with Crippen LogP contribution in [0.15, 0.2) is 0 Å². The maximum Gasteiger partial charge on any atom is 0.317 e. The van der Waals surface area contributed by atoms with Gasteiger partial charge in [-0.05, 0) is 34.1 Å². The summed E-state index contributed by atoms with van der Waals surface area (Å²) in [6, 6.07) is 0.223. The number of nitrogens with zero attached hydrogens (tertiary/aromatic N) is 1. The van der Waals surface area contributed by atoms with Crippen LogP contribution in [0.2, 0.25) is 0 Å². The molecule has 0 radical (unpaired) electrons. The fourth-order valence-corrected chi connectivity index (χ4v) is 2.13. The lowest BCUT2D eigenvalue weighted by molar-refractivity contribution is -0.141. The van der Waals surface area contributed by atoms with E-state index in [-0.39, 0.29) is 24.2 Å². The van der Waals surface area contributed by atoms with Crippen LogP contribution < -0.4 is 0 Å². The molecule has 1 aliphatic rings. The van der Waals surface area contributed by atoms with Crippen LogP contribution in [0.4, 0.5) is 0 Å². The molecule has 0 aromatic rings. The van der Waals surface area contributed by atoms with E-state index >= 15 is 0 Å². The number of carboxylic acids is 1. The third kappa shape index (κ3) is 3.18. The van der Waals surface area contributed by atoms with E-state index in [9.17, 15) is 4.79 Å². The maximum absolute atomic E-state index is 10.8. The van der Waals surface area contributed by atoms with Crippen LogP contribution >= 0.6 is 0 Å². The second-order valence-electron chi connectivity index (χ2n) is 5.12. The number of carboxylic acid groups (broad SMARTS) is 1. The van der Waals surface area contributed by atoms with Crippen LogP contribution in [0.3, 0.4) is 0 Å². The topological polar surface area (TPSA) is 49.8 Å². The largest absolute Gasteiger partial charge is 0.480 e. The molecule has 4 heteroatoms. The normalized spacial score (nSPS) is 27.3. The van der Waals surface area contributed by atoms with Gasteiger partial charge in [0.05, 0.1) is 12.6 Å². The predicted octanol–water partition coefficient (Wildman–Crippen LogP) is 1.35. The first-order chi connectivity index (χ1) is 6.82. The Morgan fingerprint density at radius 3 is 2.47 bits per heavy atom. The number of rotatable bonds is 3. The van der Waals surface area contributed by atoms with Gasteiger partial charge in [-0.25, -0.2) is 0 Å². The minimum Gasteiger partial charge on any atom is -0.480 e. The molecule has 1 rings (SSSR count). The molecule has 4 nitrogen and oxygen atoms in total. The third-order valence-electron chi connectivity index (χ3n) is 2.90. The highest BCUT2D eigenvalue weighted by Gasteiger charge is 2.36. The predicted molar refractivity (Wildman–Crippen MR) is 57.9 cm³/mol. The quantitative estimate of drug-likeness (QED) is 0.772. The summed E-state index contributed by atoms with van der Waals surface area (Å²) in [7, 11) is 0. The van der Waals surface area contributed by atoms with Gasteiger partial charge >= 0.3 is 5.97 Å². The molecule has 15 heavy (non-hydrogen) atoms. The van der Waals surface area contributed by atoms with E-state index < -0.39 is 5.97 Å². The average molecular weight is 215 g/mol. The third-order valence-corrected chi connectivity index (χ3v) is 2.90. The fraction of sp³-hybridized carbons (Fsp3) is 0.909. The van der Waals surface area contributed by atoms with Crippen molar-refractivity contribution >= 4 is 5.97 Å². The van der Waals surface area contributed by atoms with Crippen molar-refractivity contribution < 1.29 is 14.6 Å². The SMILES string of the molecule is CC1OCCC1N(CC(=O)O)C(C)(C)C. The molecule has 0 amide bonds. The molecular weight excluding hydrogens is 194 g/mol. The molecule has 0 saturated carbocycles. The first-order valence-corrected chi connectivity index (χ1v) is 5.42. The molecule has 2 atom stereocenters. The molecule has 1 N–H and O–H groups in total. The molecule has 0 aromatic carbocycles. The van der Waals surface area contributed by atoms with Gasteiger partial charge < -0.3 is 9.84 Å². The smallest absolute Gasteiger partial charge is 0.317 e. The molecule has 1 fully saturated rings. The molecule has 1 heterocycles. The van der Waals surface area contributed by atoms with Crippen LogP contribution in [-0.2, 0) is 9.53 Å². The Morgan fingerprint density at radius 1 is 1.53 bits per heavy atom. The number of hydrogen-bond donors (Lipinski definition) is 1. The van der Waals surface area contributed by atoms with E-state index in [4.69, 9.17) is 9.84 Å². The molecular formula is C11H21NO3. The summed E-state index contributed by atoms with van der Waals surface area (Å²) in [5, 5.41) is 8.91. The highest BCUT2D eigenvalue weighted by Crippen LogP contribution is 2.26. The van der Waals surface area contributed by atoms with Crippen molar-refractivity contribution in [1.29, 1.82) is 0 Å². The first-order valence-electron chi connectivity index (χ1n) is 5.42. The Bertz CT molecular complexity index is 234. The monoisotopic (exact) mass is 215 g/mol. The summed E-state index contributed by atoms with van der Waals surface area (Å²) < 4.78 is 5.49. The average Bonchev–Trinajstić information content (AvgIpc) is 2.45. The maximum atomic E-state index is 10.8. The molecule has 0 aromatic heterocycles. The van der Waals surface area contributed by atoms with Gasteiger partial charge in [-0.3, -0.25) is 9.69 Å². The van der Waals surface area contributed by atoms with Gasteiger partial charge in [0.15, 0.2) is 0 Å². The van der Waals surface area contributed by atoms with Crippen molar-refractivity contribution in [3.05, 3.63) is 0 Å². The van der Waals surface area contributed by atoms with Crippen LogP contribution in [0.25, 0.3) is 0 Å². The lowest BCUT2D eigenvalue weighted by atomic mass is 9.99. The van der Waals surface area contributed by atoms with Gasteiger partial charge in [0.1, 0.15) is 0 Å². The van der Waals surface area contributed by atoms with Crippen molar-refractivity contribution in [2.45, 2.75) is 51.8 Å². The van der Waals surface area contributed by atoms with E-state index in [2.05, 4.69) is 0 Å². The summed E-state index contributed by atoms with van der Waals surface area (Å²) in [5.41, 5.74) is -0.134. The number of aliphatic carboxylic acids is 1. The van der Waals surface area contributed by atoms with Crippen LogP contribution in [-0.4, -0.2) is 46.8 Å². The Hall–Kier alpha value is -0.610. The zero-order valence-corrected chi connectivity index (χ0v) is 9.99. The van der Waals surface area contributed by atoms with E-state index in [0.29, 0.717) is 0 Å². The van der Waals surface area contributed by atoms with Gasteiger partial charge in [-0.1, -0.05) is 0 Å². The van der Waals surface area contributed by atoms with Crippen molar-refractivity contribution in [3.8, 4) is 0 Å². The van der Waals surface area contributed by atoms with Crippen molar-refractivity contribution in [2.75, 3.05) is 13.2 Å². The number of carbonyl (C=O) groups is 1. The lowest BCUT2D eigenvalue weighted by Gasteiger charge is -2.40. The lowest BCUT2D eigenvalue weighted by Crippen LogP contribution is -2.52. The standard InChI is InChI=1S/C11H21NO3/c1-8-9(5-6-15-8)12(7-10(13)14)11(2,3)4/h8-9H,5-7H2,1-4H3,(H,13,14). The zero-order chi connectivity index (χ0) is 11.6. The minimum absolute atomic E-state index is 0.0852. The van der Waals surface area contributed by atoms with Crippen LogP contribution in [0.5, 0.6) is 0 Å². The molecule has 0 aliphatic carbocycles. The molecule has 1 aliphatic heterocycles. The van der Waals surface area contributed by atoms with E-state index in [0.717, 1.165) is 13.0 Å². The zero-order valence-electron chi connectivity index (χ0n) is 9.99. The van der Waals surface area contributed by atoms with Gasteiger partial charge in [0.25, 0.3) is 0 Å². The van der Waals surface area contributed by atoms with Crippen molar-refractivity contribution in [3.63, 3.8) is 0 Å².